The van der Waals surface area contributed by atoms with Crippen LogP contribution in [0.3, 0.4) is 0 Å². The van der Waals surface area contributed by atoms with Gasteiger partial charge in [-0.1, -0.05) is 17.8 Å². The first-order valence-corrected chi connectivity index (χ1v) is 9.61. The zero-order chi connectivity index (χ0) is 21.1. The number of nitrogens with zero attached hydrogens (tertiary/aromatic N) is 3. The lowest BCUT2D eigenvalue weighted by molar-refractivity contribution is -0.162. The maximum absolute atomic E-state index is 12.6. The Labute approximate surface area is 162 Å². The number of hydrogen-bond acceptors (Lipinski definition) is 11. The average Bonchev–Trinajstić information content (AvgIpc) is 3.04. The molecule has 2 unspecified atom stereocenters. The lowest BCUT2D eigenvalue weighted by Crippen LogP contribution is -2.74. The highest BCUT2D eigenvalue weighted by molar-refractivity contribution is 7.84. The second-order valence-corrected chi connectivity index (χ2v) is 7.31. The monoisotopic (exact) mass is 433 g/mol. The number of nitrogens with one attached hydrogen (secondary N) is 1. The molecule has 4 N–H and O–H groups in total. The van der Waals surface area contributed by atoms with Gasteiger partial charge in [0.25, 0.3) is 11.8 Å². The number of aromatic nitrogens is 1. The molecule has 1 aromatic rings. The summed E-state index contributed by atoms with van der Waals surface area (Å²) in [4.78, 5) is 45.2. The first kappa shape index (κ1) is 21.3. The topological polar surface area (TPSA) is 191 Å². The van der Waals surface area contributed by atoms with E-state index >= 15 is 0 Å². The van der Waals surface area contributed by atoms with Crippen molar-refractivity contribution in [1.29, 1.82) is 0 Å². The molecule has 152 valence electrons. The zero-order valence-corrected chi connectivity index (χ0v) is 15.9. The highest BCUT2D eigenvalue weighted by atomic mass is 32.2. The zero-order valence-electron chi connectivity index (χ0n) is 14.3. The minimum absolute atomic E-state index is 0.0251. The number of thiazole rings is 1. The van der Waals surface area contributed by atoms with Crippen LogP contribution in [0.4, 0.5) is 5.13 Å². The Kier molecular flexibility index (Phi) is 6.32. The summed E-state index contributed by atoms with van der Waals surface area (Å²) in [5.41, 5.74) is 5.17. The third kappa shape index (κ3) is 4.26. The summed E-state index contributed by atoms with van der Waals surface area (Å²) in [5, 5.41) is 7.28. The van der Waals surface area contributed by atoms with E-state index in [1.54, 1.807) is 0 Å². The number of oxime groups is 1. The molecule has 0 aromatic carbocycles. The van der Waals surface area contributed by atoms with Crippen molar-refractivity contribution in [3.8, 4) is 0 Å². The second kappa shape index (κ2) is 8.32. The van der Waals surface area contributed by atoms with Crippen molar-refractivity contribution in [2.45, 2.75) is 12.1 Å². The molecule has 2 amide bonds. The maximum atomic E-state index is 12.6. The Bertz CT molecular complexity index is 940. The Morgan fingerprint density at radius 1 is 1.57 bits per heavy atom. The van der Waals surface area contributed by atoms with Crippen LogP contribution in [0.1, 0.15) is 5.69 Å². The van der Waals surface area contributed by atoms with Crippen molar-refractivity contribution < 1.29 is 36.9 Å². The van der Waals surface area contributed by atoms with Gasteiger partial charge in [0.2, 0.25) is 0 Å². The molecule has 1 aliphatic rings. The predicted octanol–water partition coefficient (Wildman–Crippen LogP) is -1.70. The minimum atomic E-state index is -5.04. The van der Waals surface area contributed by atoms with Crippen LogP contribution in [0, 0.1) is 0 Å². The highest BCUT2D eigenvalue weighted by Crippen LogP contribution is 2.25. The molecular weight excluding hydrogens is 418 g/mol. The van der Waals surface area contributed by atoms with E-state index in [-0.39, 0.29) is 27.4 Å². The molecule has 0 aliphatic carbocycles. The van der Waals surface area contributed by atoms with E-state index in [1.165, 1.54) is 11.5 Å². The summed E-state index contributed by atoms with van der Waals surface area (Å²) in [7, 11) is -4.09. The number of methoxy groups -OCH3 is 1. The summed E-state index contributed by atoms with van der Waals surface area (Å²) >= 11 is 1.01. The van der Waals surface area contributed by atoms with Crippen LogP contribution in [0.2, 0.25) is 0 Å². The van der Waals surface area contributed by atoms with Crippen LogP contribution in [-0.4, -0.2) is 71.6 Å². The van der Waals surface area contributed by atoms with E-state index in [0.717, 1.165) is 18.4 Å². The van der Waals surface area contributed by atoms with Gasteiger partial charge in [0.1, 0.15) is 18.3 Å². The molecule has 2 atom stereocenters. The van der Waals surface area contributed by atoms with E-state index in [2.05, 4.69) is 26.8 Å². The highest BCUT2D eigenvalue weighted by Gasteiger charge is 2.58. The summed E-state index contributed by atoms with van der Waals surface area (Å²) < 4.78 is 36.0. The number of anilines is 1. The van der Waals surface area contributed by atoms with E-state index in [0.29, 0.717) is 0 Å². The van der Waals surface area contributed by atoms with Crippen molar-refractivity contribution in [2.75, 3.05) is 19.5 Å². The number of nitrogens with two attached hydrogens (primary N) is 1. The molecule has 1 aromatic heterocycles. The molecule has 1 fully saturated rings. The van der Waals surface area contributed by atoms with Gasteiger partial charge in [-0.15, -0.1) is 11.3 Å². The predicted molar refractivity (Wildman–Crippen MR) is 95.3 cm³/mol. The molecule has 0 spiro atoms. The number of nitrogen functional groups attached to an aromatic ring is 1. The molecule has 0 radical (unpaired) electrons. The summed E-state index contributed by atoms with van der Waals surface area (Å²) in [6, 6.07) is -3.41. The van der Waals surface area contributed by atoms with Crippen LogP contribution in [0.25, 0.3) is 0 Å². The maximum Gasteiger partial charge on any atom is 0.363 e. The number of esters is 1. The molecule has 1 saturated heterocycles. The van der Waals surface area contributed by atoms with Crippen LogP contribution >= 0.6 is 11.3 Å². The summed E-state index contributed by atoms with van der Waals surface area (Å²) in [6.07, 6.45) is 1.36. The fourth-order valence-corrected chi connectivity index (χ4v) is 3.56. The number of carbonyl (C=O) groups is 3. The lowest BCUT2D eigenvalue weighted by atomic mass is 9.98. The molecule has 28 heavy (non-hydrogen) atoms. The fraction of sp³-hybridized carbons (Fsp3) is 0.308. The largest absolute Gasteiger partial charge is 0.467 e. The standard InChI is InChI=1S/C13H15N5O8S2/c1-3-4-26-17-7(6-5-27-13(14)15-6)10(19)16-8-9(12(21)25-2)18(11(8)20)28(22,23)24/h3,5,8-9H,1,4H2,2H3,(H2,14,15)(H,16,19)(H,22,23,24). The van der Waals surface area contributed by atoms with Gasteiger partial charge in [0, 0.05) is 5.38 Å². The lowest BCUT2D eigenvalue weighted by Gasteiger charge is -2.41. The van der Waals surface area contributed by atoms with Gasteiger partial charge in [-0.05, 0) is 0 Å². The van der Waals surface area contributed by atoms with Crippen molar-refractivity contribution >= 4 is 50.3 Å². The van der Waals surface area contributed by atoms with Gasteiger partial charge in [-0.2, -0.15) is 12.7 Å². The van der Waals surface area contributed by atoms with Crippen LogP contribution in [0.15, 0.2) is 23.2 Å². The number of carbonyl (C=O) groups excluding carboxylic acids is 3. The van der Waals surface area contributed by atoms with E-state index in [1.807, 2.05) is 0 Å². The molecule has 1 aliphatic heterocycles. The van der Waals surface area contributed by atoms with Crippen molar-refractivity contribution in [1.82, 2.24) is 14.6 Å². The number of ether oxygens (including phenoxy) is 1. The summed E-state index contributed by atoms with van der Waals surface area (Å²) in [5.74, 6) is -3.41. The Hall–Kier alpha value is -3.04. The normalized spacial score (nSPS) is 19.6. The average molecular weight is 433 g/mol. The molecule has 15 heteroatoms. The number of rotatable bonds is 8. The van der Waals surface area contributed by atoms with Gasteiger partial charge in [-0.25, -0.2) is 9.78 Å². The van der Waals surface area contributed by atoms with Gasteiger partial charge in [0.15, 0.2) is 16.9 Å². The quantitative estimate of drug-likeness (QED) is 0.0810. The van der Waals surface area contributed by atoms with Crippen LogP contribution in [-0.2, 0) is 34.3 Å². The Morgan fingerprint density at radius 2 is 2.25 bits per heavy atom. The van der Waals surface area contributed by atoms with Crippen molar-refractivity contribution in [3.05, 3.63) is 23.7 Å². The smallest absolute Gasteiger partial charge is 0.363 e. The second-order valence-electron chi connectivity index (χ2n) is 5.13. The molecule has 2 heterocycles. The van der Waals surface area contributed by atoms with Crippen LogP contribution < -0.4 is 11.1 Å². The van der Waals surface area contributed by atoms with Crippen molar-refractivity contribution in [2.24, 2.45) is 5.16 Å². The Morgan fingerprint density at radius 3 is 2.75 bits per heavy atom. The molecule has 13 nitrogen and oxygen atoms in total. The SMILES string of the molecule is C=CCON=C(C(=O)NC1C(=O)N(S(=O)(=O)O)C1C(=O)OC)c1csc(N)n1. The molecule has 0 saturated carbocycles. The molecule has 0 bridgehead atoms. The Balaban J connectivity index is 2.28. The third-order valence-electron chi connectivity index (χ3n) is 3.36. The minimum Gasteiger partial charge on any atom is -0.467 e. The third-order valence-corrected chi connectivity index (χ3v) is 4.94. The van der Waals surface area contributed by atoms with E-state index in [4.69, 9.17) is 15.1 Å². The molecule has 2 rings (SSSR count). The number of hydrogen-bond donors (Lipinski definition) is 3. The van der Waals surface area contributed by atoms with Gasteiger partial charge in [-0.3, -0.25) is 14.1 Å². The van der Waals surface area contributed by atoms with Gasteiger partial charge in [0.05, 0.1) is 7.11 Å². The number of β-lactam (4-membered cyclic amide) rings is 1. The first-order chi connectivity index (χ1) is 13.1. The summed E-state index contributed by atoms with van der Waals surface area (Å²) in [6.45, 7) is 3.38. The molecular formula is C13H15N5O8S2. The van der Waals surface area contributed by atoms with Gasteiger partial charge >= 0.3 is 16.3 Å². The van der Waals surface area contributed by atoms with E-state index < -0.39 is 40.2 Å². The van der Waals surface area contributed by atoms with E-state index in [9.17, 15) is 22.8 Å². The van der Waals surface area contributed by atoms with Crippen molar-refractivity contribution in [3.63, 3.8) is 0 Å². The van der Waals surface area contributed by atoms with Gasteiger partial charge < -0.3 is 20.6 Å². The van der Waals surface area contributed by atoms with Crippen LogP contribution in [0.5, 0.6) is 0 Å². The number of amides is 2. The first-order valence-electron chi connectivity index (χ1n) is 7.33. The fourth-order valence-electron chi connectivity index (χ4n) is 2.18.